The first-order valence-corrected chi connectivity index (χ1v) is 6.14. The van der Waals surface area contributed by atoms with Crippen LogP contribution in [0.25, 0.3) is 0 Å². The third-order valence-corrected chi connectivity index (χ3v) is 2.32. The Kier molecular flexibility index (Phi) is 12.8. The molecule has 0 aromatic carbocycles. The summed E-state index contributed by atoms with van der Waals surface area (Å²) in [7, 11) is 3.45. The van der Waals surface area contributed by atoms with Gasteiger partial charge in [0.1, 0.15) is 0 Å². The van der Waals surface area contributed by atoms with E-state index in [9.17, 15) is 0 Å². The smallest absolute Gasteiger partial charge is 0.0615 e. The molecule has 0 radical (unpaired) electrons. The minimum absolute atomic E-state index is 0.456. The lowest BCUT2D eigenvalue weighted by molar-refractivity contribution is 0.0984. The van der Waals surface area contributed by atoms with Crippen molar-refractivity contribution in [2.24, 2.45) is 0 Å². The van der Waals surface area contributed by atoms with E-state index >= 15 is 0 Å². The summed E-state index contributed by atoms with van der Waals surface area (Å²) >= 11 is 0. The first-order chi connectivity index (χ1) is 7.85. The van der Waals surface area contributed by atoms with Crippen molar-refractivity contribution < 1.29 is 14.2 Å². The van der Waals surface area contributed by atoms with Gasteiger partial charge in [0.25, 0.3) is 0 Å². The number of nitrogens with one attached hydrogen (secondary N) is 1. The molecule has 0 rings (SSSR count). The molecule has 1 N–H and O–H groups in total. The van der Waals surface area contributed by atoms with E-state index in [1.807, 2.05) is 0 Å². The Morgan fingerprint density at radius 2 is 1.88 bits per heavy atom. The van der Waals surface area contributed by atoms with Crippen molar-refractivity contribution in [2.75, 3.05) is 47.2 Å². The highest BCUT2D eigenvalue weighted by Crippen LogP contribution is 1.96. The second-order valence-corrected chi connectivity index (χ2v) is 3.85. The summed E-state index contributed by atoms with van der Waals surface area (Å²) in [6, 6.07) is 0.456. The molecule has 0 bridgehead atoms. The second kappa shape index (κ2) is 12.9. The van der Waals surface area contributed by atoms with Crippen molar-refractivity contribution in [2.45, 2.75) is 32.2 Å². The highest BCUT2D eigenvalue weighted by atomic mass is 16.5. The Hall–Kier alpha value is -0.160. The van der Waals surface area contributed by atoms with Crippen molar-refractivity contribution in [3.8, 4) is 0 Å². The minimum Gasteiger partial charge on any atom is -0.385 e. The summed E-state index contributed by atoms with van der Waals surface area (Å²) < 4.78 is 15.5. The lowest BCUT2D eigenvalue weighted by Crippen LogP contribution is -2.35. The molecule has 16 heavy (non-hydrogen) atoms. The zero-order chi connectivity index (χ0) is 12.1. The number of methoxy groups -OCH3 is 2. The van der Waals surface area contributed by atoms with Crippen molar-refractivity contribution in [1.29, 1.82) is 0 Å². The molecule has 4 nitrogen and oxygen atoms in total. The largest absolute Gasteiger partial charge is 0.385 e. The Morgan fingerprint density at radius 1 is 1.06 bits per heavy atom. The van der Waals surface area contributed by atoms with Gasteiger partial charge in [-0.05, 0) is 12.8 Å². The van der Waals surface area contributed by atoms with E-state index in [0.29, 0.717) is 6.04 Å². The SMILES string of the molecule is CCCC(COC)NCCOCCCOC. The molecule has 0 aliphatic heterocycles. The highest BCUT2D eigenvalue weighted by Gasteiger charge is 2.05. The lowest BCUT2D eigenvalue weighted by atomic mass is 10.2. The van der Waals surface area contributed by atoms with Crippen molar-refractivity contribution in [3.05, 3.63) is 0 Å². The maximum atomic E-state index is 5.46. The number of ether oxygens (including phenoxy) is 3. The Morgan fingerprint density at radius 3 is 2.50 bits per heavy atom. The van der Waals surface area contributed by atoms with Gasteiger partial charge in [0.05, 0.1) is 13.2 Å². The summed E-state index contributed by atoms with van der Waals surface area (Å²) in [6.45, 7) is 6.16. The summed E-state index contributed by atoms with van der Waals surface area (Å²) in [4.78, 5) is 0. The Bertz CT molecular complexity index is 127. The van der Waals surface area contributed by atoms with Crippen LogP contribution in [0.15, 0.2) is 0 Å². The van der Waals surface area contributed by atoms with Gasteiger partial charge in [-0.2, -0.15) is 0 Å². The standard InChI is InChI=1S/C12H27NO3/c1-4-6-12(11-15-3)13-7-10-16-9-5-8-14-2/h12-13H,4-11H2,1-3H3. The van der Waals surface area contributed by atoms with Crippen LogP contribution in [0.3, 0.4) is 0 Å². The molecule has 0 spiro atoms. The van der Waals surface area contributed by atoms with E-state index in [4.69, 9.17) is 14.2 Å². The van der Waals surface area contributed by atoms with Crippen LogP contribution in [0.1, 0.15) is 26.2 Å². The number of hydrogen-bond donors (Lipinski definition) is 1. The molecular weight excluding hydrogens is 206 g/mol. The van der Waals surface area contributed by atoms with Crippen LogP contribution in [0.2, 0.25) is 0 Å². The van der Waals surface area contributed by atoms with Crippen LogP contribution in [-0.4, -0.2) is 53.2 Å². The summed E-state index contributed by atoms with van der Waals surface area (Å²) in [5, 5.41) is 3.43. The fourth-order valence-corrected chi connectivity index (χ4v) is 1.54. The Labute approximate surface area is 99.6 Å². The lowest BCUT2D eigenvalue weighted by Gasteiger charge is -2.16. The maximum absolute atomic E-state index is 5.46. The van der Waals surface area contributed by atoms with Gasteiger partial charge in [-0.15, -0.1) is 0 Å². The predicted octanol–water partition coefficient (Wildman–Crippen LogP) is 1.44. The Balaban J connectivity index is 3.25. The van der Waals surface area contributed by atoms with E-state index in [1.54, 1.807) is 14.2 Å². The van der Waals surface area contributed by atoms with Crippen LogP contribution in [0.5, 0.6) is 0 Å². The van der Waals surface area contributed by atoms with Crippen LogP contribution in [-0.2, 0) is 14.2 Å². The van der Waals surface area contributed by atoms with Gasteiger partial charge in [-0.3, -0.25) is 0 Å². The topological polar surface area (TPSA) is 39.7 Å². The molecule has 0 aliphatic rings. The first-order valence-electron chi connectivity index (χ1n) is 6.14. The monoisotopic (exact) mass is 233 g/mol. The predicted molar refractivity (Wildman–Crippen MR) is 65.9 cm³/mol. The summed E-state index contributed by atoms with van der Waals surface area (Å²) in [6.07, 6.45) is 3.29. The molecule has 4 heteroatoms. The average molecular weight is 233 g/mol. The van der Waals surface area contributed by atoms with Crippen LogP contribution in [0.4, 0.5) is 0 Å². The molecule has 0 saturated heterocycles. The highest BCUT2D eigenvalue weighted by molar-refractivity contribution is 4.64. The molecule has 1 atom stereocenters. The van der Waals surface area contributed by atoms with Crippen molar-refractivity contribution in [3.63, 3.8) is 0 Å². The minimum atomic E-state index is 0.456. The zero-order valence-corrected chi connectivity index (χ0v) is 11.0. The second-order valence-electron chi connectivity index (χ2n) is 3.85. The summed E-state index contributed by atoms with van der Waals surface area (Å²) in [5.74, 6) is 0. The fourth-order valence-electron chi connectivity index (χ4n) is 1.54. The molecule has 0 aliphatic carbocycles. The average Bonchev–Trinajstić information content (AvgIpc) is 2.28. The van der Waals surface area contributed by atoms with E-state index in [0.717, 1.165) is 45.8 Å². The van der Waals surface area contributed by atoms with Gasteiger partial charge in [0, 0.05) is 40.0 Å². The molecule has 0 aromatic rings. The van der Waals surface area contributed by atoms with E-state index in [-0.39, 0.29) is 0 Å². The van der Waals surface area contributed by atoms with Crippen LogP contribution in [0, 0.1) is 0 Å². The normalized spacial score (nSPS) is 12.9. The molecule has 0 aromatic heterocycles. The molecule has 1 unspecified atom stereocenters. The summed E-state index contributed by atoms with van der Waals surface area (Å²) in [5.41, 5.74) is 0. The first kappa shape index (κ1) is 15.8. The molecule has 0 saturated carbocycles. The fraction of sp³-hybridized carbons (Fsp3) is 1.00. The van der Waals surface area contributed by atoms with Gasteiger partial charge in [-0.1, -0.05) is 13.3 Å². The number of hydrogen-bond acceptors (Lipinski definition) is 4. The van der Waals surface area contributed by atoms with Crippen LogP contribution >= 0.6 is 0 Å². The van der Waals surface area contributed by atoms with Gasteiger partial charge < -0.3 is 19.5 Å². The third kappa shape index (κ3) is 10.4. The molecule has 0 amide bonds. The van der Waals surface area contributed by atoms with Crippen LogP contribution < -0.4 is 5.32 Å². The van der Waals surface area contributed by atoms with Crippen molar-refractivity contribution >= 4 is 0 Å². The van der Waals surface area contributed by atoms with Gasteiger partial charge in [-0.25, -0.2) is 0 Å². The zero-order valence-electron chi connectivity index (χ0n) is 11.0. The third-order valence-electron chi connectivity index (χ3n) is 2.32. The molecule has 0 fully saturated rings. The van der Waals surface area contributed by atoms with Gasteiger partial charge in [0.2, 0.25) is 0 Å². The number of rotatable bonds is 12. The quantitative estimate of drug-likeness (QED) is 0.518. The van der Waals surface area contributed by atoms with E-state index < -0.39 is 0 Å². The molecular formula is C12H27NO3. The van der Waals surface area contributed by atoms with Gasteiger partial charge in [0.15, 0.2) is 0 Å². The van der Waals surface area contributed by atoms with Crippen molar-refractivity contribution in [1.82, 2.24) is 5.32 Å². The maximum Gasteiger partial charge on any atom is 0.0615 e. The van der Waals surface area contributed by atoms with E-state index in [1.165, 1.54) is 6.42 Å². The molecule has 98 valence electrons. The van der Waals surface area contributed by atoms with Gasteiger partial charge >= 0.3 is 0 Å². The van der Waals surface area contributed by atoms with E-state index in [2.05, 4.69) is 12.2 Å². The molecule has 0 heterocycles.